The van der Waals surface area contributed by atoms with E-state index in [0.717, 1.165) is 5.56 Å². The molecular formula is C14H10BrCl2NO2. The van der Waals surface area contributed by atoms with Gasteiger partial charge in [-0.25, -0.2) is 0 Å². The van der Waals surface area contributed by atoms with Crippen LogP contribution < -0.4 is 0 Å². The monoisotopic (exact) mass is 373 g/mol. The van der Waals surface area contributed by atoms with Gasteiger partial charge in [-0.05, 0) is 18.1 Å². The molecule has 3 nitrogen and oxygen atoms in total. The van der Waals surface area contributed by atoms with Crippen LogP contribution in [-0.4, -0.2) is 4.92 Å². The van der Waals surface area contributed by atoms with Gasteiger partial charge in [0.15, 0.2) is 0 Å². The van der Waals surface area contributed by atoms with E-state index < -0.39 is 4.92 Å². The topological polar surface area (TPSA) is 43.1 Å². The third kappa shape index (κ3) is 3.51. The molecule has 1 unspecified atom stereocenters. The van der Waals surface area contributed by atoms with Gasteiger partial charge in [0.05, 0.1) is 15.0 Å². The van der Waals surface area contributed by atoms with Gasteiger partial charge in [0, 0.05) is 16.5 Å². The summed E-state index contributed by atoms with van der Waals surface area (Å²) in [4.78, 5) is 10.6. The molecule has 0 spiro atoms. The molecule has 2 rings (SSSR count). The smallest absolute Gasteiger partial charge is 0.258 e. The minimum atomic E-state index is -0.442. The molecule has 0 aliphatic rings. The zero-order valence-corrected chi connectivity index (χ0v) is 13.3. The van der Waals surface area contributed by atoms with Crippen LogP contribution in [-0.2, 0) is 6.42 Å². The van der Waals surface area contributed by atoms with Crippen LogP contribution in [0.1, 0.15) is 16.0 Å². The number of nitro benzene ring substituents is 1. The number of hydrogen-bond donors (Lipinski definition) is 0. The second kappa shape index (κ2) is 6.57. The van der Waals surface area contributed by atoms with Gasteiger partial charge in [-0.3, -0.25) is 10.1 Å². The van der Waals surface area contributed by atoms with Gasteiger partial charge in [0.25, 0.3) is 5.69 Å². The molecule has 2 aromatic carbocycles. The van der Waals surface area contributed by atoms with Crippen LogP contribution >= 0.6 is 39.1 Å². The Labute approximate surface area is 134 Å². The van der Waals surface area contributed by atoms with Crippen molar-refractivity contribution in [3.63, 3.8) is 0 Å². The highest BCUT2D eigenvalue weighted by molar-refractivity contribution is 9.09. The SMILES string of the molecule is O=[N+]([O-])c1cc(Cl)c(Cl)cc1CC(Br)c1ccccc1. The van der Waals surface area contributed by atoms with E-state index in [1.54, 1.807) is 6.07 Å². The lowest BCUT2D eigenvalue weighted by Gasteiger charge is -2.11. The number of hydrogen-bond acceptors (Lipinski definition) is 2. The number of alkyl halides is 1. The summed E-state index contributed by atoms with van der Waals surface area (Å²) in [5.74, 6) is 0. The van der Waals surface area contributed by atoms with Crippen LogP contribution in [0, 0.1) is 10.1 Å². The van der Waals surface area contributed by atoms with Crippen molar-refractivity contribution in [2.24, 2.45) is 0 Å². The standard InChI is InChI=1S/C14H10BrCl2NO2/c15-11(9-4-2-1-3-5-9)6-10-7-12(16)13(17)8-14(10)18(19)20/h1-5,7-8,11H,6H2. The van der Waals surface area contributed by atoms with Gasteiger partial charge in [0.2, 0.25) is 0 Å². The number of nitrogens with zero attached hydrogens (tertiary/aromatic N) is 1. The molecule has 0 saturated heterocycles. The fraction of sp³-hybridized carbons (Fsp3) is 0.143. The first-order valence-electron chi connectivity index (χ1n) is 5.80. The van der Waals surface area contributed by atoms with Crippen molar-refractivity contribution >= 4 is 44.8 Å². The molecule has 0 radical (unpaired) electrons. The predicted molar refractivity (Wildman–Crippen MR) is 84.9 cm³/mol. The maximum Gasteiger partial charge on any atom is 0.274 e. The largest absolute Gasteiger partial charge is 0.274 e. The molecule has 20 heavy (non-hydrogen) atoms. The van der Waals surface area contributed by atoms with Crippen molar-refractivity contribution in [1.29, 1.82) is 0 Å². The Bertz CT molecular complexity index is 635. The van der Waals surface area contributed by atoms with Gasteiger partial charge in [-0.15, -0.1) is 0 Å². The number of benzene rings is 2. The van der Waals surface area contributed by atoms with Crippen LogP contribution in [0.15, 0.2) is 42.5 Å². The maximum atomic E-state index is 11.1. The highest BCUT2D eigenvalue weighted by atomic mass is 79.9. The molecule has 0 fully saturated rings. The number of rotatable bonds is 4. The van der Waals surface area contributed by atoms with Crippen LogP contribution in [0.5, 0.6) is 0 Å². The lowest BCUT2D eigenvalue weighted by atomic mass is 10.0. The summed E-state index contributed by atoms with van der Waals surface area (Å²) < 4.78 is 0. The Balaban J connectivity index is 2.33. The molecule has 0 aliphatic carbocycles. The van der Waals surface area contributed by atoms with E-state index in [-0.39, 0.29) is 15.5 Å². The summed E-state index contributed by atoms with van der Waals surface area (Å²) in [6.45, 7) is 0. The molecular weight excluding hydrogens is 365 g/mol. The molecule has 0 heterocycles. The summed E-state index contributed by atoms with van der Waals surface area (Å²) >= 11 is 15.3. The highest BCUT2D eigenvalue weighted by Gasteiger charge is 2.20. The molecule has 104 valence electrons. The second-order valence-corrected chi connectivity index (χ2v) is 6.15. The zero-order chi connectivity index (χ0) is 14.7. The molecule has 0 aliphatic heterocycles. The van der Waals surface area contributed by atoms with Gasteiger partial charge in [-0.2, -0.15) is 0 Å². The molecule has 0 N–H and O–H groups in total. The number of halogens is 3. The first-order chi connectivity index (χ1) is 9.49. The Morgan fingerprint density at radius 2 is 1.75 bits per heavy atom. The predicted octanol–water partition coefficient (Wildman–Crippen LogP) is 5.58. The van der Waals surface area contributed by atoms with Crippen molar-refractivity contribution in [3.8, 4) is 0 Å². The molecule has 1 atom stereocenters. The highest BCUT2D eigenvalue weighted by Crippen LogP contribution is 2.35. The van der Waals surface area contributed by atoms with Crippen molar-refractivity contribution in [2.75, 3.05) is 0 Å². The average molecular weight is 375 g/mol. The molecule has 2 aromatic rings. The summed E-state index contributed by atoms with van der Waals surface area (Å²) in [7, 11) is 0. The minimum absolute atomic E-state index is 0.0141. The Hall–Kier alpha value is -1.10. The van der Waals surface area contributed by atoms with Crippen molar-refractivity contribution < 1.29 is 4.92 Å². The van der Waals surface area contributed by atoms with Crippen LogP contribution in [0.2, 0.25) is 10.0 Å². The molecule has 0 saturated carbocycles. The summed E-state index contributed by atoms with van der Waals surface area (Å²) in [6.07, 6.45) is 0.456. The van der Waals surface area contributed by atoms with Crippen LogP contribution in [0.25, 0.3) is 0 Å². The number of nitro groups is 1. The quantitative estimate of drug-likeness (QED) is 0.398. The van der Waals surface area contributed by atoms with E-state index in [1.807, 2.05) is 30.3 Å². The lowest BCUT2D eigenvalue weighted by Crippen LogP contribution is -2.00. The van der Waals surface area contributed by atoms with E-state index >= 15 is 0 Å². The van der Waals surface area contributed by atoms with E-state index in [4.69, 9.17) is 23.2 Å². The van der Waals surface area contributed by atoms with E-state index in [0.29, 0.717) is 17.0 Å². The first kappa shape index (κ1) is 15.3. The van der Waals surface area contributed by atoms with Crippen molar-refractivity contribution in [2.45, 2.75) is 11.2 Å². The third-order valence-electron chi connectivity index (χ3n) is 2.88. The Morgan fingerprint density at radius 1 is 1.15 bits per heavy atom. The Kier molecular flexibility index (Phi) is 5.02. The Morgan fingerprint density at radius 3 is 2.35 bits per heavy atom. The van der Waals surface area contributed by atoms with E-state index in [9.17, 15) is 10.1 Å². The normalized spacial score (nSPS) is 12.2. The van der Waals surface area contributed by atoms with Gasteiger partial charge < -0.3 is 0 Å². The molecule has 0 aromatic heterocycles. The van der Waals surface area contributed by atoms with E-state index in [2.05, 4.69) is 15.9 Å². The summed E-state index contributed by atoms with van der Waals surface area (Å²) in [5, 5.41) is 11.6. The average Bonchev–Trinajstić information content (AvgIpc) is 2.43. The zero-order valence-electron chi connectivity index (χ0n) is 10.2. The fourth-order valence-corrected chi connectivity index (χ4v) is 2.88. The molecule has 0 bridgehead atoms. The summed E-state index contributed by atoms with van der Waals surface area (Å²) in [6, 6.07) is 12.5. The fourth-order valence-electron chi connectivity index (χ4n) is 1.88. The lowest BCUT2D eigenvalue weighted by molar-refractivity contribution is -0.385. The van der Waals surface area contributed by atoms with Gasteiger partial charge in [0.1, 0.15) is 0 Å². The van der Waals surface area contributed by atoms with E-state index in [1.165, 1.54) is 6.07 Å². The van der Waals surface area contributed by atoms with Crippen molar-refractivity contribution in [3.05, 3.63) is 73.8 Å². The minimum Gasteiger partial charge on any atom is -0.258 e. The van der Waals surface area contributed by atoms with Crippen LogP contribution in [0.4, 0.5) is 5.69 Å². The van der Waals surface area contributed by atoms with Crippen molar-refractivity contribution in [1.82, 2.24) is 0 Å². The van der Waals surface area contributed by atoms with Gasteiger partial charge in [-0.1, -0.05) is 69.5 Å². The molecule has 6 heteroatoms. The maximum absolute atomic E-state index is 11.1. The second-order valence-electron chi connectivity index (χ2n) is 4.23. The third-order valence-corrected chi connectivity index (χ3v) is 4.45. The van der Waals surface area contributed by atoms with Gasteiger partial charge >= 0.3 is 0 Å². The van der Waals surface area contributed by atoms with Crippen LogP contribution in [0.3, 0.4) is 0 Å². The first-order valence-corrected chi connectivity index (χ1v) is 7.47. The molecule has 0 amide bonds. The summed E-state index contributed by atoms with van der Waals surface area (Å²) in [5.41, 5.74) is 1.59.